The van der Waals surface area contributed by atoms with Crippen molar-refractivity contribution in [2.45, 2.75) is 26.7 Å². The number of halogens is 2. The van der Waals surface area contributed by atoms with Crippen molar-refractivity contribution in [1.29, 1.82) is 0 Å². The van der Waals surface area contributed by atoms with Crippen LogP contribution < -0.4 is 15.0 Å². The van der Waals surface area contributed by atoms with Crippen molar-refractivity contribution >= 4 is 40.7 Å². The van der Waals surface area contributed by atoms with Gasteiger partial charge in [-0.05, 0) is 56.2 Å². The van der Waals surface area contributed by atoms with Crippen LogP contribution >= 0.6 is 23.2 Å². The molecule has 3 aromatic rings. The van der Waals surface area contributed by atoms with Crippen molar-refractivity contribution in [3.05, 3.63) is 75.2 Å². The molecule has 0 spiro atoms. The van der Waals surface area contributed by atoms with Crippen LogP contribution in [0.4, 0.5) is 16.3 Å². The van der Waals surface area contributed by atoms with Gasteiger partial charge in [0.25, 0.3) is 0 Å². The molecule has 184 valence electrons. The molecular formula is C26H29Cl2N5O2. The Morgan fingerprint density at radius 2 is 1.80 bits per heavy atom. The quantitative estimate of drug-likeness (QED) is 0.470. The number of amides is 2. The van der Waals surface area contributed by atoms with Crippen molar-refractivity contribution in [2.24, 2.45) is 0 Å². The predicted octanol–water partition coefficient (Wildman–Crippen LogP) is 5.74. The molecule has 9 heteroatoms. The number of urea groups is 1. The zero-order valence-corrected chi connectivity index (χ0v) is 21.7. The highest BCUT2D eigenvalue weighted by atomic mass is 35.5. The van der Waals surface area contributed by atoms with Crippen LogP contribution in [-0.2, 0) is 6.42 Å². The van der Waals surface area contributed by atoms with Gasteiger partial charge in [-0.3, -0.25) is 0 Å². The Morgan fingerprint density at radius 3 is 2.51 bits per heavy atom. The summed E-state index contributed by atoms with van der Waals surface area (Å²) in [5, 5.41) is 3.84. The molecule has 35 heavy (non-hydrogen) atoms. The first kappa shape index (κ1) is 25.1. The summed E-state index contributed by atoms with van der Waals surface area (Å²) in [5.74, 6) is 2.51. The average molecular weight is 514 g/mol. The molecule has 1 aliphatic heterocycles. The minimum Gasteiger partial charge on any atom is -0.497 e. The number of aromatic nitrogens is 2. The van der Waals surface area contributed by atoms with Gasteiger partial charge < -0.3 is 19.9 Å². The zero-order valence-electron chi connectivity index (χ0n) is 20.1. The van der Waals surface area contributed by atoms with Gasteiger partial charge in [-0.2, -0.15) is 0 Å². The molecule has 0 aliphatic carbocycles. The first-order chi connectivity index (χ1) is 16.8. The molecule has 7 nitrogen and oxygen atoms in total. The maximum absolute atomic E-state index is 12.9. The van der Waals surface area contributed by atoms with E-state index in [4.69, 9.17) is 32.9 Å². The number of ether oxygens (including phenoxy) is 1. The van der Waals surface area contributed by atoms with Gasteiger partial charge in [0.1, 0.15) is 17.4 Å². The van der Waals surface area contributed by atoms with Gasteiger partial charge in [-0.15, -0.1) is 0 Å². The monoisotopic (exact) mass is 513 g/mol. The molecule has 1 aliphatic rings. The third-order valence-electron chi connectivity index (χ3n) is 6.10. The third kappa shape index (κ3) is 6.16. The van der Waals surface area contributed by atoms with Crippen LogP contribution in [0.2, 0.25) is 10.0 Å². The maximum Gasteiger partial charge on any atom is 0.321 e. The molecule has 2 aromatic carbocycles. The van der Waals surface area contributed by atoms with Gasteiger partial charge in [0, 0.05) is 48.9 Å². The van der Waals surface area contributed by atoms with Crippen LogP contribution in [0.15, 0.2) is 42.5 Å². The highest BCUT2D eigenvalue weighted by Gasteiger charge is 2.23. The van der Waals surface area contributed by atoms with Crippen LogP contribution in [0.1, 0.15) is 29.1 Å². The van der Waals surface area contributed by atoms with Gasteiger partial charge in [0.2, 0.25) is 0 Å². The van der Waals surface area contributed by atoms with Crippen LogP contribution in [0.3, 0.4) is 0 Å². The van der Waals surface area contributed by atoms with Crippen LogP contribution in [0.25, 0.3) is 0 Å². The van der Waals surface area contributed by atoms with E-state index >= 15 is 0 Å². The summed E-state index contributed by atoms with van der Waals surface area (Å²) in [5.41, 5.74) is 3.79. The zero-order chi connectivity index (χ0) is 24.9. The molecule has 1 N–H and O–H groups in total. The lowest BCUT2D eigenvalue weighted by molar-refractivity contribution is 0.215. The number of methoxy groups -OCH3 is 1. The van der Waals surface area contributed by atoms with Gasteiger partial charge in [0.15, 0.2) is 0 Å². The van der Waals surface area contributed by atoms with Crippen molar-refractivity contribution in [3.8, 4) is 5.75 Å². The van der Waals surface area contributed by atoms with E-state index in [0.717, 1.165) is 48.0 Å². The minimum atomic E-state index is -0.176. The highest BCUT2D eigenvalue weighted by molar-refractivity contribution is 6.36. The van der Waals surface area contributed by atoms with E-state index in [9.17, 15) is 4.79 Å². The first-order valence-electron chi connectivity index (χ1n) is 11.6. The molecule has 4 rings (SSSR count). The summed E-state index contributed by atoms with van der Waals surface area (Å²) < 4.78 is 5.29. The lowest BCUT2D eigenvalue weighted by Gasteiger charge is -2.26. The fourth-order valence-corrected chi connectivity index (χ4v) is 4.71. The summed E-state index contributed by atoms with van der Waals surface area (Å²) >= 11 is 12.2. The smallest absolute Gasteiger partial charge is 0.321 e. The molecule has 2 amide bonds. The van der Waals surface area contributed by atoms with Crippen molar-refractivity contribution in [1.82, 2.24) is 14.9 Å². The van der Waals surface area contributed by atoms with E-state index in [0.29, 0.717) is 35.4 Å². The van der Waals surface area contributed by atoms with Crippen molar-refractivity contribution in [2.75, 3.05) is 43.5 Å². The van der Waals surface area contributed by atoms with E-state index in [1.165, 1.54) is 5.56 Å². The molecule has 1 fully saturated rings. The van der Waals surface area contributed by atoms with E-state index in [-0.39, 0.29) is 6.03 Å². The Hall–Kier alpha value is -3.03. The molecule has 2 heterocycles. The highest BCUT2D eigenvalue weighted by Crippen LogP contribution is 2.27. The number of aryl methyl sites for hydroxylation is 2. The minimum absolute atomic E-state index is 0.176. The standard InChI is InChI=1S/C26H29Cl2N5O2/c1-17-22(15-19-5-8-21(35-3)9-6-19)25(30-18(2)29-17)32-11-4-12-33(14-13-32)26(34)31-24-10-7-20(27)16-23(24)28/h5-10,16H,4,11-15H2,1-3H3,(H,31,34). The number of carbonyl (C=O) groups is 1. The van der Waals surface area contributed by atoms with E-state index < -0.39 is 0 Å². The largest absolute Gasteiger partial charge is 0.497 e. The number of rotatable bonds is 5. The van der Waals surface area contributed by atoms with Crippen molar-refractivity contribution < 1.29 is 9.53 Å². The molecular weight excluding hydrogens is 485 g/mol. The molecule has 0 bridgehead atoms. The number of anilines is 2. The SMILES string of the molecule is COc1ccc(Cc2c(C)nc(C)nc2N2CCCN(C(=O)Nc3ccc(Cl)cc3Cl)CC2)cc1. The molecule has 0 saturated carbocycles. The molecule has 0 unspecified atom stereocenters. The summed E-state index contributed by atoms with van der Waals surface area (Å²) in [6.45, 7) is 6.64. The molecule has 0 radical (unpaired) electrons. The lowest BCUT2D eigenvalue weighted by Crippen LogP contribution is -2.38. The van der Waals surface area contributed by atoms with Gasteiger partial charge in [-0.25, -0.2) is 14.8 Å². The Bertz CT molecular complexity index is 1200. The average Bonchev–Trinajstić information content (AvgIpc) is 3.09. The first-order valence-corrected chi connectivity index (χ1v) is 12.3. The Morgan fingerprint density at radius 1 is 1.03 bits per heavy atom. The second-order valence-electron chi connectivity index (χ2n) is 8.57. The number of benzene rings is 2. The van der Waals surface area contributed by atoms with E-state index in [1.807, 2.05) is 30.9 Å². The third-order valence-corrected chi connectivity index (χ3v) is 6.65. The number of nitrogens with zero attached hydrogens (tertiary/aromatic N) is 4. The van der Waals surface area contributed by atoms with Gasteiger partial charge >= 0.3 is 6.03 Å². The Labute approximate surface area is 216 Å². The van der Waals surface area contributed by atoms with Gasteiger partial charge in [-0.1, -0.05) is 35.3 Å². The summed E-state index contributed by atoms with van der Waals surface area (Å²) in [6, 6.07) is 12.9. The fraction of sp³-hybridized carbons (Fsp3) is 0.346. The number of hydrogen-bond donors (Lipinski definition) is 1. The predicted molar refractivity (Wildman–Crippen MR) is 141 cm³/mol. The van der Waals surface area contributed by atoms with Crippen LogP contribution in [-0.4, -0.2) is 54.2 Å². The molecule has 1 saturated heterocycles. The normalized spacial score (nSPS) is 14.0. The van der Waals surface area contributed by atoms with Crippen LogP contribution in [0, 0.1) is 13.8 Å². The number of carbonyl (C=O) groups excluding carboxylic acids is 1. The van der Waals surface area contributed by atoms with Crippen LogP contribution in [0.5, 0.6) is 5.75 Å². The summed E-state index contributed by atoms with van der Waals surface area (Å²) in [6.07, 6.45) is 1.55. The summed E-state index contributed by atoms with van der Waals surface area (Å²) in [7, 11) is 1.66. The summed E-state index contributed by atoms with van der Waals surface area (Å²) in [4.78, 5) is 26.5. The van der Waals surface area contributed by atoms with Crippen molar-refractivity contribution in [3.63, 3.8) is 0 Å². The molecule has 0 atom stereocenters. The number of hydrogen-bond acceptors (Lipinski definition) is 5. The second-order valence-corrected chi connectivity index (χ2v) is 9.41. The topological polar surface area (TPSA) is 70.6 Å². The van der Waals surface area contributed by atoms with Gasteiger partial charge in [0.05, 0.1) is 17.8 Å². The maximum atomic E-state index is 12.9. The van der Waals surface area contributed by atoms with E-state index in [1.54, 1.807) is 25.3 Å². The Balaban J connectivity index is 1.50. The number of nitrogens with one attached hydrogen (secondary N) is 1. The van der Waals surface area contributed by atoms with E-state index in [2.05, 4.69) is 27.3 Å². The lowest BCUT2D eigenvalue weighted by atomic mass is 10.0. The Kier molecular flexibility index (Phi) is 7.98. The second kappa shape index (κ2) is 11.1. The fourth-order valence-electron chi connectivity index (χ4n) is 4.25. The molecule has 1 aromatic heterocycles.